The molecule has 0 aliphatic rings. The van der Waals surface area contributed by atoms with E-state index in [1.165, 1.54) is 0 Å². The minimum Gasteiger partial charge on any atom is -0.744 e. The van der Waals surface area contributed by atoms with Crippen LogP contribution in [0.5, 0.6) is 0 Å². The highest BCUT2D eigenvalue weighted by Gasteiger charge is 2.17. The number of unbranched alkanes of at least 4 members (excludes halogenated alkanes) is 1. The Morgan fingerprint density at radius 1 is 1.07 bits per heavy atom. The normalized spacial score (nSPS) is 11.0. The van der Waals surface area contributed by atoms with E-state index in [9.17, 15) is 22.6 Å². The lowest BCUT2D eigenvalue weighted by Crippen LogP contribution is -2.46. The van der Waals surface area contributed by atoms with E-state index in [1.54, 1.807) is 25.1 Å². The fourth-order valence-electron chi connectivity index (χ4n) is 3.63. The molecule has 42 heavy (non-hydrogen) atoms. The number of likely N-dealkylation sites (N-methyl/N-ethyl adjacent to an activating group) is 1. The van der Waals surface area contributed by atoms with E-state index >= 15 is 0 Å². The molecule has 0 saturated heterocycles. The predicted octanol–water partition coefficient (Wildman–Crippen LogP) is 6.26. The number of carboxylic acid groups (broad SMARTS) is 1. The number of esters is 1. The summed E-state index contributed by atoms with van der Waals surface area (Å²) in [6.45, 7) is 19.8. The highest BCUT2D eigenvalue weighted by Crippen LogP contribution is 2.26. The van der Waals surface area contributed by atoms with Gasteiger partial charge in [0.25, 0.3) is 0 Å². The van der Waals surface area contributed by atoms with Crippen LogP contribution in [0.2, 0.25) is 0 Å². The van der Waals surface area contributed by atoms with E-state index in [2.05, 4.69) is 34.1 Å². The molecule has 0 heterocycles. The number of aliphatic carboxylic acids is 1. The van der Waals surface area contributed by atoms with Gasteiger partial charge in [-0.1, -0.05) is 86.7 Å². The number of carbonyl (C=O) groups is 2. The second kappa shape index (κ2) is 19.6. The first-order valence-corrected chi connectivity index (χ1v) is 15.4. The van der Waals surface area contributed by atoms with E-state index in [1.807, 2.05) is 50.3 Å². The molecule has 0 aromatic heterocycles. The quantitative estimate of drug-likeness (QED) is 0.0945. The molecule has 0 aliphatic heterocycles. The lowest BCUT2D eigenvalue weighted by molar-refractivity contribution is -0.906. The van der Waals surface area contributed by atoms with E-state index in [4.69, 9.17) is 9.84 Å². The van der Waals surface area contributed by atoms with Crippen LogP contribution in [-0.4, -0.2) is 67.8 Å². The van der Waals surface area contributed by atoms with Gasteiger partial charge in [0.2, 0.25) is 0 Å². The Hall–Kier alpha value is -3.53. The summed E-state index contributed by atoms with van der Waals surface area (Å²) in [5.74, 6) is -1.27. The lowest BCUT2D eigenvalue weighted by Gasteiger charge is -2.31. The van der Waals surface area contributed by atoms with Crippen LogP contribution in [0.15, 0.2) is 72.2 Å². The van der Waals surface area contributed by atoms with Crippen LogP contribution in [0.25, 0.3) is 12.2 Å². The summed E-state index contributed by atoms with van der Waals surface area (Å²) >= 11 is 0. The lowest BCUT2D eigenvalue weighted by atomic mass is 10.0. The molecule has 0 saturated carbocycles. The summed E-state index contributed by atoms with van der Waals surface area (Å²) < 4.78 is 41.3. The van der Waals surface area contributed by atoms with Gasteiger partial charge in [0, 0.05) is 11.6 Å². The van der Waals surface area contributed by atoms with Gasteiger partial charge < -0.3 is 18.9 Å². The maximum absolute atomic E-state index is 11.8. The van der Waals surface area contributed by atoms with Crippen LogP contribution >= 0.6 is 0 Å². The van der Waals surface area contributed by atoms with Crippen molar-refractivity contribution in [3.63, 3.8) is 0 Å². The summed E-state index contributed by atoms with van der Waals surface area (Å²) in [4.78, 5) is 20.2. The van der Waals surface area contributed by atoms with Gasteiger partial charge in [-0.25, -0.2) is 18.0 Å². The summed E-state index contributed by atoms with van der Waals surface area (Å²) in [5, 5.41) is 7.60. The smallest absolute Gasteiger partial charge is 0.333 e. The Bertz CT molecular complexity index is 1300. The molecule has 0 fully saturated rings. The molecule has 9 heteroatoms. The van der Waals surface area contributed by atoms with Crippen LogP contribution in [0.1, 0.15) is 62.8 Å². The zero-order chi connectivity index (χ0) is 32.3. The Morgan fingerprint density at radius 3 is 2.10 bits per heavy atom. The fraction of sp³-hybridized carbons (Fsp3) is 0.394. The third-order valence-electron chi connectivity index (χ3n) is 6.56. The Morgan fingerprint density at radius 2 is 1.64 bits per heavy atom. The number of aryl methyl sites for hydroxylation is 2. The molecule has 0 radical (unpaired) electrons. The summed E-state index contributed by atoms with van der Waals surface area (Å²) in [6.07, 6.45) is 6.77. The first kappa shape index (κ1) is 38.5. The van der Waals surface area contributed by atoms with Crippen molar-refractivity contribution < 1.29 is 36.9 Å². The van der Waals surface area contributed by atoms with Gasteiger partial charge in [-0.2, -0.15) is 0 Å². The van der Waals surface area contributed by atoms with Crippen molar-refractivity contribution in [1.29, 1.82) is 0 Å². The van der Waals surface area contributed by atoms with Crippen molar-refractivity contribution in [3.8, 4) is 0 Å². The zero-order valence-corrected chi connectivity index (χ0v) is 26.7. The average Bonchev–Trinajstić information content (AvgIpc) is 2.94. The number of quaternary nitrogens is 1. The third kappa shape index (κ3) is 15.5. The first-order valence-electron chi connectivity index (χ1n) is 14.0. The van der Waals surface area contributed by atoms with Crippen LogP contribution < -0.4 is 0 Å². The number of hydrogen-bond donors (Lipinski definition) is 1. The van der Waals surface area contributed by atoms with Crippen molar-refractivity contribution in [2.24, 2.45) is 0 Å². The van der Waals surface area contributed by atoms with Gasteiger partial charge >= 0.3 is 11.9 Å². The highest BCUT2D eigenvalue weighted by molar-refractivity contribution is 7.85. The maximum Gasteiger partial charge on any atom is 0.333 e. The second-order valence-electron chi connectivity index (χ2n) is 10.1. The van der Waals surface area contributed by atoms with Gasteiger partial charge in [-0.3, -0.25) is 0 Å². The number of hydrogen-bond acceptors (Lipinski definition) is 6. The number of carbonyl (C=O) groups excluding carboxylic acids is 1. The van der Waals surface area contributed by atoms with E-state index < -0.39 is 16.1 Å². The monoisotopic (exact) mass is 601 g/mol. The Kier molecular flexibility index (Phi) is 17.9. The molecule has 1 N–H and O–H groups in total. The maximum atomic E-state index is 11.8. The van der Waals surface area contributed by atoms with Crippen LogP contribution in [-0.2, 0) is 30.9 Å². The van der Waals surface area contributed by atoms with Crippen LogP contribution in [0.4, 0.5) is 0 Å². The molecule has 0 atom stereocenters. The standard InChI is InChI=1S/C19H22O3S.C11H22NO2.C3H4O2/c1-3-4-10-17-13-15(2)14-18(19(17)23(20,21)22)12-11-16-8-6-5-7-9-16;1-6-12(5,7-2)8-9-14-11(13)10(3)4;1-2-3(4)5/h5-9,11-14H,3-4,10H2,1-2H3,(H,20,21,22);3,6-9H2,1-2,4-5H3;2H,1H2,(H,4,5)/q;+1;/p-1. The van der Waals surface area contributed by atoms with Crippen molar-refractivity contribution >= 4 is 34.2 Å². The molecule has 0 bridgehead atoms. The van der Waals surface area contributed by atoms with Crippen LogP contribution in [0.3, 0.4) is 0 Å². The number of nitrogens with zero attached hydrogens (tertiary/aromatic N) is 1. The highest BCUT2D eigenvalue weighted by atomic mass is 32.2. The third-order valence-corrected chi connectivity index (χ3v) is 7.56. The molecule has 0 spiro atoms. The van der Waals surface area contributed by atoms with Crippen LogP contribution in [0, 0.1) is 6.92 Å². The minimum atomic E-state index is -4.52. The molecule has 232 valence electrons. The predicted molar refractivity (Wildman–Crippen MR) is 169 cm³/mol. The molecule has 2 aromatic rings. The van der Waals surface area contributed by atoms with Crippen molar-refractivity contribution in [2.45, 2.75) is 58.8 Å². The largest absolute Gasteiger partial charge is 0.744 e. The summed E-state index contributed by atoms with van der Waals surface area (Å²) in [7, 11) is -2.36. The van der Waals surface area contributed by atoms with Gasteiger partial charge in [0.15, 0.2) is 0 Å². The van der Waals surface area contributed by atoms with Gasteiger partial charge in [-0.15, -0.1) is 0 Å². The minimum absolute atomic E-state index is 0.0799. The average molecular weight is 602 g/mol. The Balaban J connectivity index is 0.000000753. The zero-order valence-electron chi connectivity index (χ0n) is 25.9. The van der Waals surface area contributed by atoms with E-state index in [-0.39, 0.29) is 10.9 Å². The van der Waals surface area contributed by atoms with Gasteiger partial charge in [0.1, 0.15) is 23.3 Å². The molecule has 0 aliphatic carbocycles. The van der Waals surface area contributed by atoms with Crippen molar-refractivity contribution in [2.75, 3.05) is 33.3 Å². The first-order chi connectivity index (χ1) is 19.6. The molecule has 2 rings (SSSR count). The van der Waals surface area contributed by atoms with Crippen molar-refractivity contribution in [1.82, 2.24) is 0 Å². The number of ether oxygens (including phenoxy) is 1. The van der Waals surface area contributed by atoms with Crippen molar-refractivity contribution in [3.05, 3.63) is 89.5 Å². The molecule has 8 nitrogen and oxygen atoms in total. The van der Waals surface area contributed by atoms with Gasteiger partial charge in [0.05, 0.1) is 25.0 Å². The summed E-state index contributed by atoms with van der Waals surface area (Å²) in [5.41, 5.74) is 3.46. The SMILES string of the molecule is C=C(C)C(=O)OCC[N+](C)(CC)CC.C=CC(=O)O.CCCCc1cc(C)cc(C=Cc2ccccc2)c1S(=O)(=O)[O-]. The molecule has 0 unspecified atom stereocenters. The van der Waals surface area contributed by atoms with Gasteiger partial charge in [-0.05, 0) is 57.2 Å². The fourth-order valence-corrected chi connectivity index (χ4v) is 4.53. The Labute approximate surface area is 252 Å². The molecule has 2 aromatic carbocycles. The van der Waals surface area contributed by atoms with E-state index in [0.29, 0.717) is 29.7 Å². The second-order valence-corrected chi connectivity index (χ2v) is 11.4. The summed E-state index contributed by atoms with van der Waals surface area (Å²) in [6, 6.07) is 13.1. The number of carboxylic acids is 1. The number of rotatable bonds is 13. The van der Waals surface area contributed by atoms with E-state index in [0.717, 1.165) is 54.2 Å². The number of benzene rings is 2. The molecular weight excluding hydrogens is 554 g/mol. The topological polar surface area (TPSA) is 121 Å². The molecular formula is C33H47NO7S. The molecule has 0 amide bonds.